The lowest BCUT2D eigenvalue weighted by atomic mass is 9.75. The van der Waals surface area contributed by atoms with Crippen LogP contribution in [0.3, 0.4) is 0 Å². The van der Waals surface area contributed by atoms with E-state index in [4.69, 9.17) is 0 Å². The summed E-state index contributed by atoms with van der Waals surface area (Å²) in [4.78, 5) is 27.7. The molecule has 3 rings (SSSR count). The maximum absolute atomic E-state index is 12.3. The molecule has 1 aromatic carbocycles. The summed E-state index contributed by atoms with van der Waals surface area (Å²) in [5.74, 6) is -0.0684. The number of fused-ring (bicyclic) bond motifs is 1. The molecule has 6 nitrogen and oxygen atoms in total. The second-order valence-electron chi connectivity index (χ2n) is 6.62. The molecule has 0 radical (unpaired) electrons. The topological polar surface area (TPSA) is 91.3 Å². The highest BCUT2D eigenvalue weighted by Gasteiger charge is 2.35. The summed E-state index contributed by atoms with van der Waals surface area (Å²) >= 11 is 0. The second kappa shape index (κ2) is 7.61. The quantitative estimate of drug-likeness (QED) is 0.746. The number of benzene rings is 1. The van der Waals surface area contributed by atoms with Crippen molar-refractivity contribution >= 4 is 22.7 Å². The van der Waals surface area contributed by atoms with E-state index >= 15 is 0 Å². The van der Waals surface area contributed by atoms with E-state index in [1.54, 1.807) is 6.20 Å². The molecular weight excluding hydrogens is 318 g/mol. The van der Waals surface area contributed by atoms with Crippen molar-refractivity contribution in [3.8, 4) is 0 Å². The highest BCUT2D eigenvalue weighted by Crippen LogP contribution is 2.38. The highest BCUT2D eigenvalue weighted by molar-refractivity contribution is 5.80. The second-order valence-corrected chi connectivity index (χ2v) is 6.62. The molecule has 0 spiro atoms. The van der Waals surface area contributed by atoms with Crippen LogP contribution in [0.5, 0.6) is 0 Å². The van der Waals surface area contributed by atoms with Crippen molar-refractivity contribution in [3.05, 3.63) is 42.1 Å². The van der Waals surface area contributed by atoms with Crippen molar-refractivity contribution in [1.29, 1.82) is 0 Å². The molecule has 2 amide bonds. The molecule has 0 unspecified atom stereocenters. The number of carbonyl (C=O) groups is 2. The minimum atomic E-state index is -0.294. The molecule has 0 aliphatic heterocycles. The molecular formula is C19H23N3O3. The molecule has 3 N–H and O–H groups in total. The molecule has 1 atom stereocenters. The number of aromatic nitrogens is 1. The van der Waals surface area contributed by atoms with Gasteiger partial charge >= 0.3 is 0 Å². The number of hydrogen-bond donors (Lipinski definition) is 3. The van der Waals surface area contributed by atoms with Crippen molar-refractivity contribution in [1.82, 2.24) is 15.6 Å². The zero-order chi connectivity index (χ0) is 17.8. The zero-order valence-electron chi connectivity index (χ0n) is 14.2. The average Bonchev–Trinajstić information content (AvgIpc) is 2.56. The van der Waals surface area contributed by atoms with Gasteiger partial charge in [-0.05, 0) is 36.5 Å². The standard InChI is InChI=1S/C19H23N3O3/c1-12(23)20-7-6-18(25)22-19(14-9-16(24)10-14)15-8-13-4-2-3-5-17(13)21-11-15/h2-5,8,11,14,16,19,24H,6-7,9-10H2,1H3,(H,20,23)(H,22,25)/t14?,16?,19-/m1/s1. The predicted molar refractivity (Wildman–Crippen MR) is 94.7 cm³/mol. The van der Waals surface area contributed by atoms with E-state index in [0.717, 1.165) is 16.5 Å². The van der Waals surface area contributed by atoms with E-state index in [0.29, 0.717) is 19.4 Å². The van der Waals surface area contributed by atoms with Crippen LogP contribution in [-0.4, -0.2) is 34.6 Å². The Balaban J connectivity index is 1.74. The number of carbonyl (C=O) groups excluding carboxylic acids is 2. The number of rotatable bonds is 6. The molecule has 1 fully saturated rings. The van der Waals surface area contributed by atoms with Crippen molar-refractivity contribution in [2.75, 3.05) is 6.54 Å². The van der Waals surface area contributed by atoms with E-state index in [1.807, 2.05) is 30.3 Å². The molecule has 0 bridgehead atoms. The molecule has 1 heterocycles. The predicted octanol–water partition coefficient (Wildman–Crippen LogP) is 1.69. The number of nitrogens with one attached hydrogen (secondary N) is 2. The fourth-order valence-electron chi connectivity index (χ4n) is 3.23. The van der Waals surface area contributed by atoms with Gasteiger partial charge in [0.15, 0.2) is 0 Å². The third-order valence-electron chi connectivity index (χ3n) is 4.63. The number of pyridine rings is 1. The fraction of sp³-hybridized carbons (Fsp3) is 0.421. The number of amides is 2. The Hall–Kier alpha value is -2.47. The van der Waals surface area contributed by atoms with Crippen LogP contribution in [0.4, 0.5) is 0 Å². The van der Waals surface area contributed by atoms with Crippen LogP contribution in [0.25, 0.3) is 10.9 Å². The van der Waals surface area contributed by atoms with Gasteiger partial charge in [0.25, 0.3) is 0 Å². The first-order chi connectivity index (χ1) is 12.0. The molecule has 6 heteroatoms. The van der Waals surface area contributed by atoms with E-state index in [1.165, 1.54) is 6.92 Å². The number of aliphatic hydroxyl groups excluding tert-OH is 1. The van der Waals surface area contributed by atoms with Gasteiger partial charge in [-0.2, -0.15) is 0 Å². The summed E-state index contributed by atoms with van der Waals surface area (Å²) < 4.78 is 0. The summed E-state index contributed by atoms with van der Waals surface area (Å²) in [7, 11) is 0. The van der Waals surface area contributed by atoms with Crippen molar-refractivity contribution in [3.63, 3.8) is 0 Å². The van der Waals surface area contributed by atoms with E-state index < -0.39 is 0 Å². The van der Waals surface area contributed by atoms with Gasteiger partial charge in [-0.25, -0.2) is 0 Å². The molecule has 132 valence electrons. The minimum absolute atomic E-state index is 0.117. The summed E-state index contributed by atoms with van der Waals surface area (Å²) in [6, 6.07) is 9.72. The molecule has 1 aliphatic carbocycles. The van der Waals surface area contributed by atoms with Crippen LogP contribution >= 0.6 is 0 Å². The van der Waals surface area contributed by atoms with Gasteiger partial charge in [0, 0.05) is 31.5 Å². The van der Waals surface area contributed by atoms with Crippen LogP contribution in [0.2, 0.25) is 0 Å². The SMILES string of the molecule is CC(=O)NCCC(=O)N[C@@H](c1cnc2ccccc2c1)C1CC(O)C1. The third kappa shape index (κ3) is 4.33. The number of para-hydroxylation sites is 1. The Morgan fingerprint density at radius 2 is 2.08 bits per heavy atom. The smallest absolute Gasteiger partial charge is 0.222 e. The Morgan fingerprint density at radius 3 is 2.80 bits per heavy atom. The highest BCUT2D eigenvalue weighted by atomic mass is 16.3. The van der Waals surface area contributed by atoms with Gasteiger partial charge in [-0.1, -0.05) is 18.2 Å². The van der Waals surface area contributed by atoms with Gasteiger partial charge in [-0.15, -0.1) is 0 Å². The Morgan fingerprint density at radius 1 is 1.32 bits per heavy atom. The van der Waals surface area contributed by atoms with Gasteiger partial charge in [0.1, 0.15) is 0 Å². The largest absolute Gasteiger partial charge is 0.393 e. The molecule has 2 aromatic rings. The lowest BCUT2D eigenvalue weighted by Gasteiger charge is -2.38. The zero-order valence-corrected chi connectivity index (χ0v) is 14.2. The number of nitrogens with zero attached hydrogens (tertiary/aromatic N) is 1. The Kier molecular flexibility index (Phi) is 5.28. The summed E-state index contributed by atoms with van der Waals surface area (Å²) in [6.07, 6.45) is 3.07. The molecule has 1 saturated carbocycles. The Labute approximate surface area is 146 Å². The van der Waals surface area contributed by atoms with Gasteiger partial charge < -0.3 is 15.7 Å². The summed E-state index contributed by atoms with van der Waals surface area (Å²) in [5, 5.41) is 16.4. The fourth-order valence-corrected chi connectivity index (χ4v) is 3.23. The monoisotopic (exact) mass is 341 g/mol. The molecule has 1 aromatic heterocycles. The van der Waals surface area contributed by atoms with Crippen molar-refractivity contribution in [2.45, 2.75) is 38.3 Å². The van der Waals surface area contributed by atoms with Crippen molar-refractivity contribution in [2.24, 2.45) is 5.92 Å². The summed E-state index contributed by atoms with van der Waals surface area (Å²) in [5.41, 5.74) is 1.86. The average molecular weight is 341 g/mol. The normalized spacial score (nSPS) is 20.6. The third-order valence-corrected chi connectivity index (χ3v) is 4.63. The lowest BCUT2D eigenvalue weighted by Crippen LogP contribution is -2.42. The lowest BCUT2D eigenvalue weighted by molar-refractivity contribution is -0.123. The van der Waals surface area contributed by atoms with E-state index in [2.05, 4.69) is 15.6 Å². The van der Waals surface area contributed by atoms with Crippen LogP contribution in [0.1, 0.15) is 37.8 Å². The van der Waals surface area contributed by atoms with Crippen molar-refractivity contribution < 1.29 is 14.7 Å². The van der Waals surface area contributed by atoms with Gasteiger partial charge in [0.05, 0.1) is 17.7 Å². The summed E-state index contributed by atoms with van der Waals surface area (Å²) in [6.45, 7) is 1.74. The maximum atomic E-state index is 12.3. The van der Waals surface area contributed by atoms with E-state index in [9.17, 15) is 14.7 Å². The van der Waals surface area contributed by atoms with Gasteiger partial charge in [0.2, 0.25) is 11.8 Å². The van der Waals surface area contributed by atoms with Crippen LogP contribution in [0.15, 0.2) is 36.5 Å². The molecule has 25 heavy (non-hydrogen) atoms. The van der Waals surface area contributed by atoms with Crippen LogP contribution in [0, 0.1) is 5.92 Å². The van der Waals surface area contributed by atoms with Crippen LogP contribution in [-0.2, 0) is 9.59 Å². The first-order valence-electron chi connectivity index (χ1n) is 8.59. The molecule has 0 saturated heterocycles. The molecule has 1 aliphatic rings. The first-order valence-corrected chi connectivity index (χ1v) is 8.59. The number of hydrogen-bond acceptors (Lipinski definition) is 4. The van der Waals surface area contributed by atoms with Gasteiger partial charge in [-0.3, -0.25) is 14.6 Å². The van der Waals surface area contributed by atoms with E-state index in [-0.39, 0.29) is 36.3 Å². The maximum Gasteiger partial charge on any atom is 0.222 e. The number of aliphatic hydroxyl groups is 1. The minimum Gasteiger partial charge on any atom is -0.393 e. The Bertz CT molecular complexity index is 771. The van der Waals surface area contributed by atoms with Crippen LogP contribution < -0.4 is 10.6 Å². The first kappa shape index (κ1) is 17.4.